The maximum atomic E-state index is 12.9. The standard InChI is InChI=1S/C23H26N2O4/c1-4-29-18-12-10-16(11-13-18)20-19(21(26)17-8-6-5-7-9-17)22(27)23(28)25(20)15-14-24(2)3/h5-13,20,26H,4,14-15H2,1-3H3/b21-19+. The van der Waals surface area contributed by atoms with Gasteiger partial charge in [-0.15, -0.1) is 0 Å². The van der Waals surface area contributed by atoms with E-state index in [1.165, 1.54) is 4.90 Å². The smallest absolute Gasteiger partial charge is 0.295 e. The first-order valence-corrected chi connectivity index (χ1v) is 9.65. The molecule has 0 spiro atoms. The second kappa shape index (κ2) is 8.92. The lowest BCUT2D eigenvalue weighted by Gasteiger charge is -2.26. The number of likely N-dealkylation sites (tertiary alicyclic amines) is 1. The molecule has 0 saturated carbocycles. The first kappa shape index (κ1) is 20.6. The fourth-order valence-electron chi connectivity index (χ4n) is 3.43. The van der Waals surface area contributed by atoms with Crippen LogP contribution in [0.3, 0.4) is 0 Å². The molecule has 1 unspecified atom stereocenters. The molecule has 6 nitrogen and oxygen atoms in total. The molecule has 6 heteroatoms. The van der Waals surface area contributed by atoms with E-state index in [1.54, 1.807) is 24.3 Å². The molecule has 1 aliphatic heterocycles. The summed E-state index contributed by atoms with van der Waals surface area (Å²) in [6, 6.07) is 15.5. The number of nitrogens with zero attached hydrogens (tertiary/aromatic N) is 2. The third-order valence-corrected chi connectivity index (χ3v) is 4.88. The average molecular weight is 394 g/mol. The summed E-state index contributed by atoms with van der Waals surface area (Å²) in [6.07, 6.45) is 0. The van der Waals surface area contributed by atoms with Gasteiger partial charge >= 0.3 is 0 Å². The Morgan fingerprint density at radius 3 is 2.31 bits per heavy atom. The van der Waals surface area contributed by atoms with Crippen LogP contribution in [-0.4, -0.2) is 60.4 Å². The Morgan fingerprint density at radius 1 is 1.07 bits per heavy atom. The van der Waals surface area contributed by atoms with Crippen molar-refractivity contribution >= 4 is 17.4 Å². The summed E-state index contributed by atoms with van der Waals surface area (Å²) in [5, 5.41) is 10.9. The summed E-state index contributed by atoms with van der Waals surface area (Å²) in [4.78, 5) is 29.2. The van der Waals surface area contributed by atoms with Crippen LogP contribution in [0.1, 0.15) is 24.1 Å². The van der Waals surface area contributed by atoms with E-state index in [0.717, 1.165) is 5.56 Å². The fourth-order valence-corrected chi connectivity index (χ4v) is 3.43. The van der Waals surface area contributed by atoms with Crippen molar-refractivity contribution in [2.24, 2.45) is 0 Å². The fraction of sp³-hybridized carbons (Fsp3) is 0.304. The Labute approximate surface area is 171 Å². The number of Topliss-reactive ketones (excluding diaryl/α,β-unsaturated/α-hetero) is 1. The third kappa shape index (κ3) is 4.32. The zero-order valence-corrected chi connectivity index (χ0v) is 17.0. The number of aliphatic hydroxyl groups is 1. The Morgan fingerprint density at radius 2 is 1.72 bits per heavy atom. The number of ketones is 1. The van der Waals surface area contributed by atoms with Crippen molar-refractivity contribution in [3.8, 4) is 5.75 Å². The highest BCUT2D eigenvalue weighted by molar-refractivity contribution is 6.46. The van der Waals surface area contributed by atoms with Crippen LogP contribution in [-0.2, 0) is 9.59 Å². The Balaban J connectivity index is 2.09. The van der Waals surface area contributed by atoms with Crippen molar-refractivity contribution in [2.75, 3.05) is 33.8 Å². The topological polar surface area (TPSA) is 70.1 Å². The van der Waals surface area contributed by atoms with Gasteiger partial charge in [0.1, 0.15) is 11.5 Å². The molecule has 0 aliphatic carbocycles. The number of amides is 1. The molecule has 2 aromatic rings. The van der Waals surface area contributed by atoms with Crippen LogP contribution in [0.25, 0.3) is 5.76 Å². The molecule has 1 atom stereocenters. The third-order valence-electron chi connectivity index (χ3n) is 4.88. The average Bonchev–Trinajstić information content (AvgIpc) is 2.98. The maximum absolute atomic E-state index is 12.9. The Hall–Kier alpha value is -3.12. The van der Waals surface area contributed by atoms with Crippen LogP contribution in [0.5, 0.6) is 5.75 Å². The number of carbonyl (C=O) groups is 2. The minimum Gasteiger partial charge on any atom is -0.507 e. The Bertz CT molecular complexity index is 904. The largest absolute Gasteiger partial charge is 0.507 e. The van der Waals surface area contributed by atoms with Crippen LogP contribution in [0, 0.1) is 0 Å². The highest BCUT2D eigenvalue weighted by Crippen LogP contribution is 2.39. The van der Waals surface area contributed by atoms with Crippen LogP contribution < -0.4 is 4.74 Å². The second-order valence-corrected chi connectivity index (χ2v) is 7.16. The Kier molecular flexibility index (Phi) is 6.34. The summed E-state index contributed by atoms with van der Waals surface area (Å²) in [7, 11) is 3.82. The number of benzene rings is 2. The lowest BCUT2D eigenvalue weighted by Crippen LogP contribution is -2.35. The molecular formula is C23H26N2O4. The molecule has 3 rings (SSSR count). The first-order valence-electron chi connectivity index (χ1n) is 9.65. The van der Waals surface area contributed by atoms with Crippen molar-refractivity contribution in [1.29, 1.82) is 0 Å². The summed E-state index contributed by atoms with van der Waals surface area (Å²) < 4.78 is 5.50. The van der Waals surface area contributed by atoms with Crippen molar-refractivity contribution in [3.63, 3.8) is 0 Å². The van der Waals surface area contributed by atoms with Crippen molar-refractivity contribution in [3.05, 3.63) is 71.3 Å². The molecule has 0 bridgehead atoms. The van der Waals surface area contributed by atoms with E-state index in [4.69, 9.17) is 4.74 Å². The molecule has 2 aromatic carbocycles. The van der Waals surface area contributed by atoms with Gasteiger partial charge in [-0.3, -0.25) is 9.59 Å². The van der Waals surface area contributed by atoms with Crippen LogP contribution >= 0.6 is 0 Å². The second-order valence-electron chi connectivity index (χ2n) is 7.16. The van der Waals surface area contributed by atoms with Gasteiger partial charge in [0.2, 0.25) is 0 Å². The van der Waals surface area contributed by atoms with E-state index < -0.39 is 17.7 Å². The van der Waals surface area contributed by atoms with Crippen LogP contribution in [0.15, 0.2) is 60.2 Å². The van der Waals surface area contributed by atoms with Gasteiger partial charge in [-0.25, -0.2) is 0 Å². The van der Waals surface area contributed by atoms with Crippen molar-refractivity contribution in [1.82, 2.24) is 9.80 Å². The monoisotopic (exact) mass is 394 g/mol. The van der Waals surface area contributed by atoms with Gasteiger partial charge in [0.15, 0.2) is 0 Å². The molecule has 1 aliphatic rings. The zero-order valence-electron chi connectivity index (χ0n) is 17.0. The lowest BCUT2D eigenvalue weighted by molar-refractivity contribution is -0.140. The van der Waals surface area contributed by atoms with Crippen LogP contribution in [0.2, 0.25) is 0 Å². The highest BCUT2D eigenvalue weighted by Gasteiger charge is 2.45. The lowest BCUT2D eigenvalue weighted by atomic mass is 9.95. The van der Waals surface area contributed by atoms with Gasteiger partial charge in [-0.1, -0.05) is 42.5 Å². The first-order chi connectivity index (χ1) is 13.9. The number of carbonyl (C=O) groups excluding carboxylic acids is 2. The van der Waals surface area contributed by atoms with Gasteiger partial charge < -0.3 is 19.6 Å². The number of hydrogen-bond donors (Lipinski definition) is 1. The van der Waals surface area contributed by atoms with Crippen molar-refractivity contribution < 1.29 is 19.4 Å². The molecular weight excluding hydrogens is 368 g/mol. The number of hydrogen-bond acceptors (Lipinski definition) is 5. The van der Waals surface area contributed by atoms with E-state index in [2.05, 4.69) is 0 Å². The van der Waals surface area contributed by atoms with E-state index in [0.29, 0.717) is 31.0 Å². The van der Waals surface area contributed by atoms with E-state index in [1.807, 2.05) is 56.3 Å². The molecule has 152 valence electrons. The number of likely N-dealkylation sites (N-methyl/N-ethyl adjacent to an activating group) is 1. The van der Waals surface area contributed by atoms with Crippen molar-refractivity contribution in [2.45, 2.75) is 13.0 Å². The predicted octanol–water partition coefficient (Wildman–Crippen LogP) is 3.07. The summed E-state index contributed by atoms with van der Waals surface area (Å²) in [6.45, 7) is 3.44. The summed E-state index contributed by atoms with van der Waals surface area (Å²) in [5.74, 6) is -0.702. The van der Waals surface area contributed by atoms with Crippen LogP contribution in [0.4, 0.5) is 0 Å². The van der Waals surface area contributed by atoms with Gasteiger partial charge in [-0.05, 0) is 38.7 Å². The SMILES string of the molecule is CCOc1ccc(C2/C(=C(\O)c3ccccc3)C(=O)C(=O)N2CCN(C)C)cc1. The van der Waals surface area contributed by atoms with Gasteiger partial charge in [-0.2, -0.15) is 0 Å². The molecule has 1 heterocycles. The molecule has 29 heavy (non-hydrogen) atoms. The highest BCUT2D eigenvalue weighted by atomic mass is 16.5. The van der Waals surface area contributed by atoms with Gasteiger partial charge in [0.25, 0.3) is 11.7 Å². The summed E-state index contributed by atoms with van der Waals surface area (Å²) in [5.41, 5.74) is 1.38. The molecule has 1 saturated heterocycles. The predicted molar refractivity (Wildman–Crippen MR) is 112 cm³/mol. The number of rotatable bonds is 7. The molecule has 0 aromatic heterocycles. The van der Waals surface area contributed by atoms with E-state index in [9.17, 15) is 14.7 Å². The normalized spacial score (nSPS) is 18.5. The summed E-state index contributed by atoms with van der Waals surface area (Å²) >= 11 is 0. The molecule has 1 N–H and O–H groups in total. The zero-order chi connectivity index (χ0) is 21.0. The van der Waals surface area contributed by atoms with Gasteiger partial charge in [0.05, 0.1) is 18.2 Å². The van der Waals surface area contributed by atoms with E-state index >= 15 is 0 Å². The quantitative estimate of drug-likeness (QED) is 0.444. The molecule has 1 fully saturated rings. The van der Waals surface area contributed by atoms with Gasteiger partial charge in [0, 0.05) is 18.7 Å². The molecule has 0 radical (unpaired) electrons. The maximum Gasteiger partial charge on any atom is 0.295 e. The number of aliphatic hydroxyl groups excluding tert-OH is 1. The minimum atomic E-state index is -0.663. The molecule has 1 amide bonds. The number of ether oxygens (including phenoxy) is 1. The minimum absolute atomic E-state index is 0.115. The van der Waals surface area contributed by atoms with E-state index in [-0.39, 0.29) is 11.3 Å².